The molecule has 7 heteroatoms. The Hall–Kier alpha value is -3.87. The lowest BCUT2D eigenvalue weighted by Crippen LogP contribution is -2.14. The second-order valence-electron chi connectivity index (χ2n) is 5.98. The lowest BCUT2D eigenvalue weighted by atomic mass is 9.99. The molecule has 0 unspecified atom stereocenters. The van der Waals surface area contributed by atoms with E-state index in [4.69, 9.17) is 10.2 Å². The summed E-state index contributed by atoms with van der Waals surface area (Å²) in [5.41, 5.74) is -0.0108. The largest absolute Gasteiger partial charge is 0.507 e. The Morgan fingerprint density at radius 1 is 0.889 bits per heavy atom. The number of anilines is 1. The number of rotatable bonds is 4. The van der Waals surface area contributed by atoms with Gasteiger partial charge in [0.1, 0.15) is 5.75 Å². The van der Waals surface area contributed by atoms with Crippen molar-refractivity contribution < 1.29 is 29.7 Å². The highest BCUT2D eigenvalue weighted by molar-refractivity contribution is 6.10. The van der Waals surface area contributed by atoms with Crippen LogP contribution in [0.3, 0.4) is 0 Å². The molecule has 0 spiro atoms. The molecule has 3 aromatic rings. The first-order valence-corrected chi connectivity index (χ1v) is 7.92. The summed E-state index contributed by atoms with van der Waals surface area (Å²) in [5.74, 6) is -3.52. The summed E-state index contributed by atoms with van der Waals surface area (Å²) in [6.45, 7) is 1.68. The number of phenols is 1. The van der Waals surface area contributed by atoms with Gasteiger partial charge in [-0.25, -0.2) is 9.59 Å². The van der Waals surface area contributed by atoms with Gasteiger partial charge in [0, 0.05) is 5.69 Å². The zero-order chi connectivity index (χ0) is 19.7. The first-order chi connectivity index (χ1) is 12.8. The molecule has 0 fully saturated rings. The number of amides is 1. The van der Waals surface area contributed by atoms with Crippen molar-refractivity contribution >= 4 is 34.3 Å². The number of benzene rings is 3. The van der Waals surface area contributed by atoms with Gasteiger partial charge in [0.15, 0.2) is 0 Å². The minimum absolute atomic E-state index is 0.00233. The fourth-order valence-electron chi connectivity index (χ4n) is 2.84. The number of carbonyl (C=O) groups is 3. The minimum Gasteiger partial charge on any atom is -0.507 e. The molecular weight excluding hydrogens is 350 g/mol. The van der Waals surface area contributed by atoms with Crippen molar-refractivity contribution in [3.05, 3.63) is 70.8 Å². The number of carboxylic acid groups (broad SMARTS) is 2. The third kappa shape index (κ3) is 3.43. The molecule has 0 bridgehead atoms. The van der Waals surface area contributed by atoms with Gasteiger partial charge >= 0.3 is 11.9 Å². The number of aromatic carboxylic acids is 2. The first-order valence-electron chi connectivity index (χ1n) is 7.92. The lowest BCUT2D eigenvalue weighted by Gasteiger charge is -2.12. The Morgan fingerprint density at radius 3 is 2.07 bits per heavy atom. The quantitative estimate of drug-likeness (QED) is 0.561. The van der Waals surface area contributed by atoms with Gasteiger partial charge in [0.05, 0.1) is 16.7 Å². The first kappa shape index (κ1) is 17.9. The third-order valence-corrected chi connectivity index (χ3v) is 4.20. The van der Waals surface area contributed by atoms with Crippen LogP contribution in [0, 0.1) is 6.92 Å². The number of fused-ring (bicyclic) bond motifs is 1. The van der Waals surface area contributed by atoms with Crippen LogP contribution in [0.15, 0.2) is 48.5 Å². The van der Waals surface area contributed by atoms with Crippen molar-refractivity contribution in [2.45, 2.75) is 6.92 Å². The molecule has 0 heterocycles. The SMILES string of the molecule is Cc1c(O)c(C(=O)Nc2cc(C(=O)O)cc(C(=O)O)c2)cc2ccccc12. The number of carboxylic acids is 2. The molecule has 1 amide bonds. The van der Waals surface area contributed by atoms with Crippen LogP contribution in [0.1, 0.15) is 36.6 Å². The molecule has 0 aliphatic heterocycles. The van der Waals surface area contributed by atoms with Crippen LogP contribution in [0.25, 0.3) is 10.8 Å². The van der Waals surface area contributed by atoms with Crippen molar-refractivity contribution in [2.24, 2.45) is 0 Å². The summed E-state index contributed by atoms with van der Waals surface area (Å²) in [7, 11) is 0. The van der Waals surface area contributed by atoms with Gasteiger partial charge in [-0.15, -0.1) is 0 Å². The minimum atomic E-state index is -1.32. The predicted molar refractivity (Wildman–Crippen MR) is 98.7 cm³/mol. The summed E-state index contributed by atoms with van der Waals surface area (Å²) in [4.78, 5) is 35.0. The molecule has 0 radical (unpaired) electrons. The van der Waals surface area contributed by atoms with E-state index in [9.17, 15) is 19.5 Å². The zero-order valence-corrected chi connectivity index (χ0v) is 14.2. The van der Waals surface area contributed by atoms with Crippen LogP contribution >= 0.6 is 0 Å². The molecule has 0 saturated heterocycles. The van der Waals surface area contributed by atoms with E-state index in [1.807, 2.05) is 12.1 Å². The molecule has 7 nitrogen and oxygen atoms in total. The molecule has 0 aliphatic carbocycles. The van der Waals surface area contributed by atoms with Crippen LogP contribution in [-0.2, 0) is 0 Å². The van der Waals surface area contributed by atoms with E-state index in [-0.39, 0.29) is 28.1 Å². The second-order valence-corrected chi connectivity index (χ2v) is 5.98. The summed E-state index contributed by atoms with van der Waals surface area (Å²) in [5, 5.41) is 32.6. The van der Waals surface area contributed by atoms with Crippen molar-refractivity contribution in [3.8, 4) is 5.75 Å². The topological polar surface area (TPSA) is 124 Å². The van der Waals surface area contributed by atoms with Gasteiger partial charge in [0.25, 0.3) is 5.91 Å². The lowest BCUT2D eigenvalue weighted by molar-refractivity contribution is 0.0696. The summed E-state index contributed by atoms with van der Waals surface area (Å²) in [6, 6.07) is 12.1. The van der Waals surface area contributed by atoms with Crippen molar-refractivity contribution in [3.63, 3.8) is 0 Å². The van der Waals surface area contributed by atoms with Gasteiger partial charge in [-0.3, -0.25) is 4.79 Å². The highest BCUT2D eigenvalue weighted by Crippen LogP contribution is 2.31. The van der Waals surface area contributed by atoms with Crippen LogP contribution in [0.4, 0.5) is 5.69 Å². The second kappa shape index (κ2) is 6.80. The van der Waals surface area contributed by atoms with Crippen molar-refractivity contribution in [2.75, 3.05) is 5.32 Å². The van der Waals surface area contributed by atoms with E-state index >= 15 is 0 Å². The number of aromatic hydroxyl groups is 1. The highest BCUT2D eigenvalue weighted by Gasteiger charge is 2.18. The van der Waals surface area contributed by atoms with Crippen molar-refractivity contribution in [1.29, 1.82) is 0 Å². The maximum Gasteiger partial charge on any atom is 0.335 e. The smallest absolute Gasteiger partial charge is 0.335 e. The fourth-order valence-corrected chi connectivity index (χ4v) is 2.84. The third-order valence-electron chi connectivity index (χ3n) is 4.20. The van der Waals surface area contributed by atoms with Gasteiger partial charge < -0.3 is 20.6 Å². The molecule has 3 rings (SSSR count). The highest BCUT2D eigenvalue weighted by atomic mass is 16.4. The molecule has 4 N–H and O–H groups in total. The maximum absolute atomic E-state index is 12.6. The van der Waals surface area contributed by atoms with Crippen molar-refractivity contribution in [1.82, 2.24) is 0 Å². The molecule has 0 aliphatic rings. The van der Waals surface area contributed by atoms with E-state index in [1.54, 1.807) is 19.1 Å². The maximum atomic E-state index is 12.6. The molecule has 136 valence electrons. The van der Waals surface area contributed by atoms with Gasteiger partial charge in [-0.2, -0.15) is 0 Å². The van der Waals surface area contributed by atoms with Crippen LogP contribution in [-0.4, -0.2) is 33.2 Å². The van der Waals surface area contributed by atoms with E-state index in [0.29, 0.717) is 5.56 Å². The average molecular weight is 365 g/mol. The molecule has 0 atom stereocenters. The monoisotopic (exact) mass is 365 g/mol. The summed E-state index contributed by atoms with van der Waals surface area (Å²) >= 11 is 0. The Labute approximate surface area is 153 Å². The number of hydrogen-bond donors (Lipinski definition) is 4. The average Bonchev–Trinajstić information content (AvgIpc) is 2.64. The molecule has 27 heavy (non-hydrogen) atoms. The van der Waals surface area contributed by atoms with Crippen LogP contribution < -0.4 is 5.32 Å². The van der Waals surface area contributed by atoms with E-state index in [0.717, 1.165) is 29.0 Å². The molecule has 3 aromatic carbocycles. The number of hydrogen-bond acceptors (Lipinski definition) is 4. The predicted octanol–water partition coefficient (Wildman–Crippen LogP) is 3.50. The zero-order valence-electron chi connectivity index (χ0n) is 14.2. The standard InChI is InChI=1S/C20H15NO6/c1-10-15-5-3-2-4-11(15)9-16(17(10)22)18(23)21-14-7-12(19(24)25)6-13(8-14)20(26)27/h2-9,22H,1H3,(H,21,23)(H,24,25)(H,26,27). The Kier molecular flexibility index (Phi) is 4.51. The Balaban J connectivity index is 2.03. The van der Waals surface area contributed by atoms with Gasteiger partial charge in [-0.05, 0) is 47.5 Å². The van der Waals surface area contributed by atoms with Gasteiger partial charge in [0.2, 0.25) is 0 Å². The normalized spacial score (nSPS) is 10.6. The molecular formula is C20H15NO6. The Bertz CT molecular complexity index is 1070. The van der Waals surface area contributed by atoms with E-state index in [2.05, 4.69) is 5.32 Å². The number of phenolic OH excluding ortho intramolecular Hbond substituents is 1. The Morgan fingerprint density at radius 2 is 1.48 bits per heavy atom. The van der Waals surface area contributed by atoms with Crippen LogP contribution in [0.2, 0.25) is 0 Å². The fraction of sp³-hybridized carbons (Fsp3) is 0.0500. The van der Waals surface area contributed by atoms with Crippen LogP contribution in [0.5, 0.6) is 5.75 Å². The molecule has 0 aromatic heterocycles. The van der Waals surface area contributed by atoms with E-state index < -0.39 is 17.8 Å². The number of nitrogens with one attached hydrogen (secondary N) is 1. The summed E-state index contributed by atoms with van der Waals surface area (Å²) < 4.78 is 0. The van der Waals surface area contributed by atoms with E-state index in [1.165, 1.54) is 6.07 Å². The van der Waals surface area contributed by atoms with Gasteiger partial charge in [-0.1, -0.05) is 24.3 Å². The number of aryl methyl sites for hydroxylation is 1. The number of carbonyl (C=O) groups excluding carboxylic acids is 1. The molecule has 0 saturated carbocycles. The summed E-state index contributed by atoms with van der Waals surface area (Å²) in [6.07, 6.45) is 0.